The van der Waals surface area contributed by atoms with Crippen molar-refractivity contribution in [3.8, 4) is 18.6 Å². The smallest absolute Gasteiger partial charge is 0.345 e. The molecule has 48 heavy (non-hydrogen) atoms. The number of allylic oxidation sites excluding steroid dienone is 7. The number of aromatic hydroxyl groups is 1. The van der Waals surface area contributed by atoms with Gasteiger partial charge in [-0.05, 0) is 56.8 Å². The van der Waals surface area contributed by atoms with Gasteiger partial charge in [0.05, 0.1) is 24.9 Å². The van der Waals surface area contributed by atoms with Gasteiger partial charge in [0, 0.05) is 23.8 Å². The Morgan fingerprint density at radius 1 is 1.10 bits per heavy atom. The monoisotopic (exact) mass is 668 g/mol. The first-order valence-electron chi connectivity index (χ1n) is 17.3. The predicted molar refractivity (Wildman–Crippen MR) is 191 cm³/mol. The molecule has 1 aromatic heterocycles. The summed E-state index contributed by atoms with van der Waals surface area (Å²) in [6.07, 6.45) is 19.5. The molecule has 0 aromatic carbocycles. The number of hydrogen-bond acceptors (Lipinski definition) is 8. The van der Waals surface area contributed by atoms with E-state index in [2.05, 4.69) is 77.8 Å². The van der Waals surface area contributed by atoms with Gasteiger partial charge in [-0.15, -0.1) is 12.8 Å². The van der Waals surface area contributed by atoms with E-state index in [1.165, 1.54) is 24.5 Å². The van der Waals surface area contributed by atoms with E-state index in [1.807, 2.05) is 26.8 Å². The van der Waals surface area contributed by atoms with Gasteiger partial charge in [-0.2, -0.15) is 0 Å². The largest absolute Gasteiger partial charge is 0.507 e. The van der Waals surface area contributed by atoms with Gasteiger partial charge in [0.1, 0.15) is 29.3 Å². The van der Waals surface area contributed by atoms with Crippen molar-refractivity contribution in [2.45, 2.75) is 123 Å². The Morgan fingerprint density at radius 3 is 2.35 bits per heavy atom. The van der Waals surface area contributed by atoms with Gasteiger partial charge < -0.3 is 34.7 Å². The third-order valence-electron chi connectivity index (χ3n) is 10.0. The van der Waals surface area contributed by atoms with Crippen molar-refractivity contribution < 1.29 is 34.7 Å². The van der Waals surface area contributed by atoms with E-state index in [9.17, 15) is 30.3 Å². The number of aliphatic hydroxyl groups excluding tert-OH is 4. The van der Waals surface area contributed by atoms with Crippen LogP contribution in [0.3, 0.4) is 0 Å². The normalized spacial score (nSPS) is 29.6. The van der Waals surface area contributed by atoms with Gasteiger partial charge in [0.15, 0.2) is 0 Å². The van der Waals surface area contributed by atoms with Crippen LogP contribution >= 0.6 is 0 Å². The topological polar surface area (TPSA) is 141 Å². The molecule has 3 rings (SSSR count). The van der Waals surface area contributed by atoms with Crippen LogP contribution in [-0.4, -0.2) is 56.6 Å². The van der Waals surface area contributed by atoms with Crippen molar-refractivity contribution in [2.75, 3.05) is 6.61 Å². The maximum atomic E-state index is 13.0. The Bertz CT molecular complexity index is 1370. The van der Waals surface area contributed by atoms with Gasteiger partial charge in [0.25, 0.3) is 0 Å². The molecular weight excluding hydrogens is 608 g/mol. The first-order valence-corrected chi connectivity index (χ1v) is 17.3. The first-order chi connectivity index (χ1) is 22.6. The quantitative estimate of drug-likeness (QED) is 0.105. The zero-order chi connectivity index (χ0) is 36.3. The summed E-state index contributed by atoms with van der Waals surface area (Å²) in [5.41, 5.74) is 0.690. The molecule has 11 atom stereocenters. The van der Waals surface area contributed by atoms with Crippen molar-refractivity contribution in [1.82, 2.24) is 0 Å². The molecule has 0 radical (unpaired) electrons. The summed E-state index contributed by atoms with van der Waals surface area (Å²) >= 11 is 0. The summed E-state index contributed by atoms with van der Waals surface area (Å²) in [7, 11) is 0. The van der Waals surface area contributed by atoms with E-state index in [4.69, 9.17) is 9.15 Å². The molecule has 268 valence electrons. The molecule has 0 bridgehead atoms. The first kappa shape index (κ1) is 41.2. The second-order valence-corrected chi connectivity index (χ2v) is 14.5. The van der Waals surface area contributed by atoms with Gasteiger partial charge in [0.2, 0.25) is 0 Å². The zero-order valence-corrected chi connectivity index (χ0v) is 30.2. The summed E-state index contributed by atoms with van der Waals surface area (Å²) in [4.78, 5) is 13.0. The molecule has 1 saturated carbocycles. The third-order valence-corrected chi connectivity index (χ3v) is 10.0. The fourth-order valence-electron chi connectivity index (χ4n) is 6.64. The molecule has 2 fully saturated rings. The molecule has 1 aliphatic carbocycles. The zero-order valence-electron chi connectivity index (χ0n) is 30.2. The Hall–Kier alpha value is -2.93. The summed E-state index contributed by atoms with van der Waals surface area (Å²) in [5.74, 6) is 1.39. The fourth-order valence-corrected chi connectivity index (χ4v) is 6.64. The highest BCUT2D eigenvalue weighted by molar-refractivity contribution is 5.39. The molecule has 1 saturated heterocycles. The van der Waals surface area contributed by atoms with Crippen LogP contribution in [0.15, 0.2) is 62.9 Å². The second-order valence-electron chi connectivity index (χ2n) is 14.5. The molecule has 10 unspecified atom stereocenters. The molecule has 8 heteroatoms. The summed E-state index contributed by atoms with van der Waals surface area (Å²) in [5, 5.41) is 51.8. The summed E-state index contributed by atoms with van der Waals surface area (Å²) in [6, 6.07) is 1.39. The van der Waals surface area contributed by atoms with Crippen molar-refractivity contribution in [3.63, 3.8) is 0 Å². The Morgan fingerprint density at radius 2 is 1.75 bits per heavy atom. The van der Waals surface area contributed by atoms with Gasteiger partial charge in [-0.3, -0.25) is 0 Å². The average Bonchev–Trinajstić information content (AvgIpc) is 3.72. The van der Waals surface area contributed by atoms with Gasteiger partial charge in [-0.25, -0.2) is 4.79 Å². The predicted octanol–water partition coefficient (Wildman–Crippen LogP) is 6.52. The number of aliphatic hydroxyl groups is 4. The Kier molecular flexibility index (Phi) is 16.1. The molecule has 8 nitrogen and oxygen atoms in total. The number of rotatable bonds is 15. The van der Waals surface area contributed by atoms with Crippen molar-refractivity contribution >= 4 is 0 Å². The SMILES string of the molecule is C#C.CCC(C)CC(C)/C=C(C)/C=C/CC(C)C(O)C(C)/C=C(C)/C=C/C1CC1(C)c1cc(O)c(C2OC(CO)CC(O)[C@@H]2O)c(=O)o1. The van der Waals surface area contributed by atoms with Crippen LogP contribution in [0.25, 0.3) is 0 Å². The summed E-state index contributed by atoms with van der Waals surface area (Å²) < 4.78 is 11.2. The van der Waals surface area contributed by atoms with Crippen LogP contribution in [0.2, 0.25) is 0 Å². The van der Waals surface area contributed by atoms with Crippen molar-refractivity contribution in [2.24, 2.45) is 29.6 Å². The maximum absolute atomic E-state index is 13.0. The van der Waals surface area contributed by atoms with Gasteiger partial charge >= 0.3 is 5.63 Å². The fraction of sp³-hybridized carbons (Fsp3) is 0.625. The summed E-state index contributed by atoms with van der Waals surface area (Å²) in [6.45, 7) is 16.6. The lowest BCUT2D eigenvalue weighted by atomic mass is 9.89. The minimum Gasteiger partial charge on any atom is -0.507 e. The molecule has 2 heterocycles. The second kappa shape index (κ2) is 18.7. The molecule has 5 N–H and O–H groups in total. The minimum atomic E-state index is -1.44. The molecule has 1 aliphatic heterocycles. The minimum absolute atomic E-state index is 0.0161. The standard InChI is InChI=1S/C38H58O8.C2H2/c1-9-22(2)15-25(5)16-23(3)11-10-12-26(6)34(42)27(7)17-24(4)13-14-28-20-38(28,8)32-19-30(40)33(37(44)46-32)36-35(43)31(41)18-29(21-39)45-36;1-2/h10-11,13-14,16-17,19,22,25-29,31,34-36,39-43H,9,12,15,18,20-21H2,1-8H3;1-2H/b11-10+,14-13+,23-16+,24-17+;/t22?,25?,26?,27?,28?,29?,31?,34?,35-,36?,38?;/m0./s1. The van der Waals surface area contributed by atoms with Crippen LogP contribution in [0.5, 0.6) is 5.75 Å². The highest BCUT2D eigenvalue weighted by Gasteiger charge is 2.52. The number of hydrogen-bond donors (Lipinski definition) is 5. The number of terminal acetylenes is 1. The van der Waals surface area contributed by atoms with Crippen LogP contribution in [-0.2, 0) is 10.2 Å². The van der Waals surface area contributed by atoms with E-state index in [1.54, 1.807) is 0 Å². The van der Waals surface area contributed by atoms with Crippen LogP contribution in [0, 0.1) is 42.4 Å². The van der Waals surface area contributed by atoms with E-state index in [0.717, 1.165) is 24.3 Å². The maximum Gasteiger partial charge on any atom is 0.345 e. The van der Waals surface area contributed by atoms with E-state index in [0.29, 0.717) is 11.7 Å². The highest BCUT2D eigenvalue weighted by Crippen LogP contribution is 2.55. The van der Waals surface area contributed by atoms with Crippen molar-refractivity contribution in [1.29, 1.82) is 0 Å². The van der Waals surface area contributed by atoms with Gasteiger partial charge in [-0.1, -0.05) is 95.6 Å². The lowest BCUT2D eigenvalue weighted by Crippen LogP contribution is -2.45. The molecule has 1 aromatic rings. The lowest BCUT2D eigenvalue weighted by Gasteiger charge is -2.36. The van der Waals surface area contributed by atoms with E-state index >= 15 is 0 Å². The van der Waals surface area contributed by atoms with Crippen LogP contribution in [0.1, 0.15) is 105 Å². The lowest BCUT2D eigenvalue weighted by molar-refractivity contribution is -0.180. The van der Waals surface area contributed by atoms with Crippen LogP contribution < -0.4 is 5.63 Å². The Balaban J connectivity index is 0.00000392. The molecule has 2 aliphatic rings. The van der Waals surface area contributed by atoms with Crippen molar-refractivity contribution in [3.05, 3.63) is 75.4 Å². The average molecular weight is 669 g/mol. The Labute approximate surface area is 287 Å². The highest BCUT2D eigenvalue weighted by atomic mass is 16.5. The molecular formula is C40H60O8. The third kappa shape index (κ3) is 11.0. The van der Waals surface area contributed by atoms with Crippen LogP contribution in [0.4, 0.5) is 0 Å². The van der Waals surface area contributed by atoms with E-state index in [-0.39, 0.29) is 35.5 Å². The number of ether oxygens (including phenoxy) is 1. The molecule has 0 amide bonds. The molecule has 0 spiro atoms. The van der Waals surface area contributed by atoms with E-state index < -0.39 is 48.2 Å².